The average Bonchev–Trinajstić information content (AvgIpc) is 2.97. The second kappa shape index (κ2) is 6.55. The molecule has 0 spiro atoms. The van der Waals surface area contributed by atoms with Crippen molar-refractivity contribution in [2.75, 3.05) is 20.2 Å². The molecule has 2 unspecified atom stereocenters. The van der Waals surface area contributed by atoms with Crippen LogP contribution in [0.3, 0.4) is 0 Å². The van der Waals surface area contributed by atoms with Crippen molar-refractivity contribution in [1.82, 2.24) is 9.88 Å². The molecule has 1 saturated heterocycles. The molecule has 6 nitrogen and oxygen atoms in total. The Labute approximate surface area is 140 Å². The number of hydrogen-bond donors (Lipinski definition) is 2. The summed E-state index contributed by atoms with van der Waals surface area (Å²) in [7, 11) is 1.62. The Kier molecular flexibility index (Phi) is 4.46. The minimum atomic E-state index is -0.768. The number of piperidine rings is 1. The fourth-order valence-corrected chi connectivity index (χ4v) is 3.54. The highest BCUT2D eigenvalue weighted by atomic mass is 16.5. The van der Waals surface area contributed by atoms with Gasteiger partial charge in [-0.1, -0.05) is 13.0 Å². The van der Waals surface area contributed by atoms with Crippen molar-refractivity contribution in [3.05, 3.63) is 30.0 Å². The zero-order valence-corrected chi connectivity index (χ0v) is 13.9. The SMILES string of the molecule is COc1cccc2[nH]cc(CC(=O)N3CCC(C(=O)O)C(C)C3)c12. The molecular weight excluding hydrogens is 308 g/mol. The molecule has 2 aromatic rings. The zero-order chi connectivity index (χ0) is 17.3. The molecule has 2 N–H and O–H groups in total. The molecule has 1 aromatic heterocycles. The number of methoxy groups -OCH3 is 1. The van der Waals surface area contributed by atoms with E-state index in [2.05, 4.69) is 4.98 Å². The lowest BCUT2D eigenvalue weighted by Gasteiger charge is -2.35. The van der Waals surface area contributed by atoms with E-state index in [9.17, 15) is 14.7 Å². The zero-order valence-electron chi connectivity index (χ0n) is 13.9. The highest BCUT2D eigenvalue weighted by Gasteiger charge is 2.33. The van der Waals surface area contributed by atoms with Crippen molar-refractivity contribution in [3.63, 3.8) is 0 Å². The Morgan fingerprint density at radius 2 is 2.21 bits per heavy atom. The Balaban J connectivity index is 1.75. The summed E-state index contributed by atoms with van der Waals surface area (Å²) in [6, 6.07) is 5.73. The van der Waals surface area contributed by atoms with Crippen LogP contribution in [0.1, 0.15) is 18.9 Å². The van der Waals surface area contributed by atoms with Gasteiger partial charge in [0.2, 0.25) is 5.91 Å². The van der Waals surface area contributed by atoms with Crippen LogP contribution in [-0.4, -0.2) is 47.1 Å². The topological polar surface area (TPSA) is 82.6 Å². The molecular formula is C18H22N2O4. The Bertz CT molecular complexity index is 767. The van der Waals surface area contributed by atoms with Crippen molar-refractivity contribution in [2.24, 2.45) is 11.8 Å². The highest BCUT2D eigenvalue weighted by molar-refractivity contribution is 5.93. The van der Waals surface area contributed by atoms with Crippen LogP contribution in [0.25, 0.3) is 10.9 Å². The summed E-state index contributed by atoms with van der Waals surface area (Å²) >= 11 is 0. The highest BCUT2D eigenvalue weighted by Crippen LogP contribution is 2.30. The predicted octanol–water partition coefficient (Wildman–Crippen LogP) is 2.29. The second-order valence-corrected chi connectivity index (χ2v) is 6.42. The largest absolute Gasteiger partial charge is 0.496 e. The number of amides is 1. The number of likely N-dealkylation sites (tertiary alicyclic amines) is 1. The number of aromatic amines is 1. The smallest absolute Gasteiger partial charge is 0.306 e. The maximum atomic E-state index is 12.7. The number of carboxylic acids is 1. The fourth-order valence-electron chi connectivity index (χ4n) is 3.54. The van der Waals surface area contributed by atoms with Crippen LogP contribution in [0.5, 0.6) is 5.75 Å². The van der Waals surface area contributed by atoms with Gasteiger partial charge in [-0.05, 0) is 30.0 Å². The molecule has 6 heteroatoms. The summed E-state index contributed by atoms with van der Waals surface area (Å²) in [5, 5.41) is 10.1. The third-order valence-corrected chi connectivity index (χ3v) is 4.89. The van der Waals surface area contributed by atoms with E-state index in [1.807, 2.05) is 31.3 Å². The Hall–Kier alpha value is -2.50. The van der Waals surface area contributed by atoms with Gasteiger partial charge in [-0.15, -0.1) is 0 Å². The molecule has 1 aliphatic rings. The minimum absolute atomic E-state index is 0.0255. The summed E-state index contributed by atoms with van der Waals surface area (Å²) in [5.74, 6) is -0.386. The number of carboxylic acid groups (broad SMARTS) is 1. The fraction of sp³-hybridized carbons (Fsp3) is 0.444. The van der Waals surface area contributed by atoms with Crippen molar-refractivity contribution in [3.8, 4) is 5.75 Å². The van der Waals surface area contributed by atoms with Gasteiger partial charge in [0.15, 0.2) is 0 Å². The number of aromatic nitrogens is 1. The first kappa shape index (κ1) is 16.4. The van der Waals surface area contributed by atoms with Crippen molar-refractivity contribution >= 4 is 22.8 Å². The van der Waals surface area contributed by atoms with Crippen LogP contribution in [0.4, 0.5) is 0 Å². The number of carbonyl (C=O) groups is 2. The van der Waals surface area contributed by atoms with Gasteiger partial charge in [0.05, 0.1) is 19.4 Å². The molecule has 1 amide bonds. The van der Waals surface area contributed by atoms with Gasteiger partial charge in [0, 0.05) is 30.2 Å². The summed E-state index contributed by atoms with van der Waals surface area (Å²) in [6.45, 7) is 2.89. The molecule has 1 aliphatic heterocycles. The molecule has 2 atom stereocenters. The quantitative estimate of drug-likeness (QED) is 0.901. The van der Waals surface area contributed by atoms with E-state index in [0.717, 1.165) is 22.2 Å². The molecule has 0 bridgehead atoms. The maximum Gasteiger partial charge on any atom is 0.306 e. The van der Waals surface area contributed by atoms with Gasteiger partial charge in [0.25, 0.3) is 0 Å². The number of hydrogen-bond acceptors (Lipinski definition) is 3. The number of nitrogens with zero attached hydrogens (tertiary/aromatic N) is 1. The van der Waals surface area contributed by atoms with E-state index < -0.39 is 5.97 Å². The summed E-state index contributed by atoms with van der Waals surface area (Å²) < 4.78 is 5.40. The number of ether oxygens (including phenoxy) is 1. The van der Waals surface area contributed by atoms with E-state index in [1.165, 1.54) is 0 Å². The minimum Gasteiger partial charge on any atom is -0.496 e. The van der Waals surface area contributed by atoms with Crippen molar-refractivity contribution < 1.29 is 19.4 Å². The van der Waals surface area contributed by atoms with Gasteiger partial charge in [0.1, 0.15) is 5.75 Å². The molecule has 0 radical (unpaired) electrons. The molecule has 128 valence electrons. The Morgan fingerprint density at radius 3 is 2.88 bits per heavy atom. The van der Waals surface area contributed by atoms with Crippen LogP contribution in [0, 0.1) is 11.8 Å². The first-order chi connectivity index (χ1) is 11.5. The van der Waals surface area contributed by atoms with Gasteiger partial charge in [-0.2, -0.15) is 0 Å². The molecule has 1 aromatic carbocycles. The third-order valence-electron chi connectivity index (χ3n) is 4.89. The number of nitrogens with one attached hydrogen (secondary N) is 1. The van der Waals surface area contributed by atoms with E-state index in [0.29, 0.717) is 19.5 Å². The summed E-state index contributed by atoms with van der Waals surface area (Å²) in [4.78, 5) is 28.8. The van der Waals surface area contributed by atoms with E-state index in [-0.39, 0.29) is 24.2 Å². The van der Waals surface area contributed by atoms with Crippen LogP contribution in [0.2, 0.25) is 0 Å². The number of fused-ring (bicyclic) bond motifs is 1. The number of carbonyl (C=O) groups excluding carboxylic acids is 1. The van der Waals surface area contributed by atoms with Gasteiger partial charge >= 0.3 is 5.97 Å². The third kappa shape index (κ3) is 2.96. The van der Waals surface area contributed by atoms with Crippen LogP contribution >= 0.6 is 0 Å². The molecule has 2 heterocycles. The number of aliphatic carboxylic acids is 1. The second-order valence-electron chi connectivity index (χ2n) is 6.42. The average molecular weight is 330 g/mol. The summed E-state index contributed by atoms with van der Waals surface area (Å²) in [6.07, 6.45) is 2.64. The molecule has 3 rings (SSSR count). The van der Waals surface area contributed by atoms with Gasteiger partial charge in [-0.25, -0.2) is 0 Å². The maximum absolute atomic E-state index is 12.7. The van der Waals surface area contributed by atoms with Crippen LogP contribution in [0.15, 0.2) is 24.4 Å². The molecule has 0 aliphatic carbocycles. The molecule has 0 saturated carbocycles. The first-order valence-electron chi connectivity index (χ1n) is 8.14. The lowest BCUT2D eigenvalue weighted by atomic mass is 9.87. The van der Waals surface area contributed by atoms with Crippen molar-refractivity contribution in [2.45, 2.75) is 19.8 Å². The Morgan fingerprint density at radius 1 is 1.42 bits per heavy atom. The number of benzene rings is 1. The number of H-pyrrole nitrogens is 1. The lowest BCUT2D eigenvalue weighted by Crippen LogP contribution is -2.45. The molecule has 1 fully saturated rings. The normalized spacial score (nSPS) is 21.0. The number of rotatable bonds is 4. The monoisotopic (exact) mass is 330 g/mol. The van der Waals surface area contributed by atoms with Gasteiger partial charge < -0.3 is 19.7 Å². The first-order valence-corrected chi connectivity index (χ1v) is 8.14. The van der Waals surface area contributed by atoms with Crippen molar-refractivity contribution in [1.29, 1.82) is 0 Å². The van der Waals surface area contributed by atoms with Crippen LogP contribution in [-0.2, 0) is 16.0 Å². The molecule has 24 heavy (non-hydrogen) atoms. The summed E-state index contributed by atoms with van der Waals surface area (Å²) in [5.41, 5.74) is 1.84. The lowest BCUT2D eigenvalue weighted by molar-refractivity contribution is -0.148. The van der Waals surface area contributed by atoms with E-state index >= 15 is 0 Å². The van der Waals surface area contributed by atoms with E-state index in [4.69, 9.17) is 4.74 Å². The van der Waals surface area contributed by atoms with E-state index in [1.54, 1.807) is 12.0 Å². The van der Waals surface area contributed by atoms with Crippen LogP contribution < -0.4 is 4.74 Å². The predicted molar refractivity (Wildman–Crippen MR) is 90.0 cm³/mol. The standard InChI is InChI=1S/C18H22N2O4/c1-11-10-20(7-6-13(11)18(22)23)16(21)8-12-9-19-14-4-3-5-15(24-2)17(12)14/h3-5,9,11,13,19H,6-8,10H2,1-2H3,(H,22,23). The van der Waals surface area contributed by atoms with Gasteiger partial charge in [-0.3, -0.25) is 9.59 Å².